The molecule has 0 N–H and O–H groups in total. The van der Waals surface area contributed by atoms with E-state index in [9.17, 15) is 0 Å². The third kappa shape index (κ3) is 10.7. The Morgan fingerprint density at radius 2 is 1.60 bits per heavy atom. The first-order valence-electron chi connectivity index (χ1n) is 12.3. The Kier molecular flexibility index (Phi) is 17.5. The zero-order valence-corrected chi connectivity index (χ0v) is 25.7. The summed E-state index contributed by atoms with van der Waals surface area (Å²) in [6.45, 7) is 9.76. The molecule has 0 aliphatic heterocycles. The molecule has 0 spiro atoms. The fourth-order valence-corrected chi connectivity index (χ4v) is 4.10. The van der Waals surface area contributed by atoms with Gasteiger partial charge in [-0.15, -0.1) is 0 Å². The number of rotatable bonds is 10. The number of aromatic nitrogens is 2. The van der Waals surface area contributed by atoms with Gasteiger partial charge in [0.15, 0.2) is 11.4 Å². The van der Waals surface area contributed by atoms with Crippen LogP contribution >= 0.6 is 0 Å². The SMILES string of the molecule is CC(C)c1c[n+](C(C)C)c2ccc(OCCCCCCC3C=CC=C3)cn12.[Br-].[Br-].[Fe+2].c1cc[cH-]c1. The second-order valence-corrected chi connectivity index (χ2v) is 9.25. The summed E-state index contributed by atoms with van der Waals surface area (Å²) in [5.74, 6) is 2.13. The molecule has 2 heterocycles. The Labute approximate surface area is 244 Å². The number of halogens is 2. The topological polar surface area (TPSA) is 17.5 Å². The molecule has 1 aliphatic rings. The molecule has 194 valence electrons. The minimum absolute atomic E-state index is 0. The van der Waals surface area contributed by atoms with E-state index in [0.29, 0.717) is 17.9 Å². The predicted molar refractivity (Wildman–Crippen MR) is 134 cm³/mol. The first-order chi connectivity index (χ1) is 15.6. The van der Waals surface area contributed by atoms with Crippen molar-refractivity contribution < 1.29 is 60.3 Å². The van der Waals surface area contributed by atoms with Crippen LogP contribution in [0, 0.1) is 5.92 Å². The standard InChI is InChI=1S/C24H35N2O.C5H5.2BrH.Fe/c1-19(2)23-18-25(20(3)4)24-15-14-22(17-26(23)24)27-16-10-6-5-7-11-21-12-8-9-13-21;1-2-4-5-3-1;;;/h8-9,12-15,17-21H,5-7,10-11,16H2,1-4H3;1-5H;2*1H;/q+1;-1;;;+2/p-2. The minimum atomic E-state index is 0. The maximum absolute atomic E-state index is 6.05. The second kappa shape index (κ2) is 18.1. The smallest absolute Gasteiger partial charge is 1.00 e. The number of imidazole rings is 1. The van der Waals surface area contributed by atoms with Crippen molar-refractivity contribution in [1.29, 1.82) is 0 Å². The van der Waals surface area contributed by atoms with Crippen molar-refractivity contribution in [3.63, 3.8) is 0 Å². The third-order valence-corrected chi connectivity index (χ3v) is 5.95. The molecule has 0 atom stereocenters. The zero-order chi connectivity index (χ0) is 22.8. The van der Waals surface area contributed by atoms with Gasteiger partial charge in [0.05, 0.1) is 12.6 Å². The van der Waals surface area contributed by atoms with Gasteiger partial charge in [-0.1, -0.05) is 57.4 Å². The first-order valence-corrected chi connectivity index (χ1v) is 12.3. The molecular weight excluding hydrogens is 608 g/mol. The molecule has 0 unspecified atom stereocenters. The third-order valence-electron chi connectivity index (χ3n) is 5.95. The summed E-state index contributed by atoms with van der Waals surface area (Å²) >= 11 is 0. The average molecular weight is 648 g/mol. The summed E-state index contributed by atoms with van der Waals surface area (Å²) in [7, 11) is 0. The number of nitrogens with zero attached hydrogens (tertiary/aromatic N) is 2. The Bertz CT molecular complexity index is 964. The fourth-order valence-electron chi connectivity index (χ4n) is 4.10. The Hall–Kier alpha value is -1.20. The van der Waals surface area contributed by atoms with E-state index < -0.39 is 0 Å². The summed E-state index contributed by atoms with van der Waals surface area (Å²) in [5.41, 5.74) is 2.57. The van der Waals surface area contributed by atoms with Gasteiger partial charge in [0.1, 0.15) is 12.4 Å². The van der Waals surface area contributed by atoms with Crippen LogP contribution in [-0.4, -0.2) is 11.0 Å². The molecule has 1 aromatic carbocycles. The van der Waals surface area contributed by atoms with Crippen LogP contribution in [0.4, 0.5) is 0 Å². The molecule has 0 radical (unpaired) electrons. The van der Waals surface area contributed by atoms with E-state index in [1.165, 1.54) is 37.0 Å². The van der Waals surface area contributed by atoms with Gasteiger partial charge in [-0.05, 0) is 38.7 Å². The molecule has 2 aromatic heterocycles. The molecule has 1 aliphatic carbocycles. The van der Waals surface area contributed by atoms with Gasteiger partial charge in [-0.3, -0.25) is 0 Å². The molecule has 35 heavy (non-hydrogen) atoms. The molecule has 0 fully saturated rings. The van der Waals surface area contributed by atoms with Crippen LogP contribution < -0.4 is 43.3 Å². The van der Waals surface area contributed by atoms with Crippen LogP contribution in [0.1, 0.15) is 77.5 Å². The second-order valence-electron chi connectivity index (χ2n) is 9.25. The van der Waals surface area contributed by atoms with Gasteiger partial charge >= 0.3 is 17.1 Å². The van der Waals surface area contributed by atoms with Gasteiger partial charge in [-0.25, -0.2) is 16.7 Å². The summed E-state index contributed by atoms with van der Waals surface area (Å²) in [6, 6.07) is 14.7. The van der Waals surface area contributed by atoms with Crippen LogP contribution in [-0.2, 0) is 17.1 Å². The number of ether oxygens (including phenoxy) is 1. The molecule has 0 saturated heterocycles. The van der Waals surface area contributed by atoms with Crippen molar-refractivity contribution in [3.05, 3.63) is 84.9 Å². The van der Waals surface area contributed by atoms with E-state index in [-0.39, 0.29) is 51.0 Å². The predicted octanol–water partition coefficient (Wildman–Crippen LogP) is 1.41. The van der Waals surface area contributed by atoms with Crippen LogP contribution in [0.3, 0.4) is 0 Å². The molecule has 3 aromatic rings. The first kappa shape index (κ1) is 33.8. The van der Waals surface area contributed by atoms with Crippen molar-refractivity contribution in [1.82, 2.24) is 4.40 Å². The van der Waals surface area contributed by atoms with E-state index in [4.69, 9.17) is 4.74 Å². The number of fused-ring (bicyclic) bond motifs is 1. The summed E-state index contributed by atoms with van der Waals surface area (Å²) in [5, 5.41) is 0. The molecule has 0 saturated carbocycles. The van der Waals surface area contributed by atoms with Gasteiger partial charge in [0.25, 0.3) is 5.65 Å². The van der Waals surface area contributed by atoms with E-state index in [0.717, 1.165) is 18.8 Å². The Morgan fingerprint density at radius 1 is 0.943 bits per heavy atom. The molecular formula is C29H40Br2FeN2O. The number of unbranched alkanes of at least 4 members (excludes halogenated alkanes) is 3. The quantitative estimate of drug-likeness (QED) is 0.141. The largest absolute Gasteiger partial charge is 2.00 e. The van der Waals surface area contributed by atoms with Crippen LogP contribution in [0.2, 0.25) is 0 Å². The van der Waals surface area contributed by atoms with Crippen molar-refractivity contribution in [2.75, 3.05) is 6.61 Å². The number of hydrogen-bond donors (Lipinski definition) is 0. The minimum Gasteiger partial charge on any atom is -1.00 e. The van der Waals surface area contributed by atoms with Gasteiger partial charge in [0.2, 0.25) is 0 Å². The van der Waals surface area contributed by atoms with E-state index >= 15 is 0 Å². The Morgan fingerprint density at radius 3 is 2.17 bits per heavy atom. The van der Waals surface area contributed by atoms with Crippen LogP contribution in [0.5, 0.6) is 5.75 Å². The molecule has 3 nitrogen and oxygen atoms in total. The number of allylic oxidation sites excluding steroid dienone is 4. The number of hydrogen-bond acceptors (Lipinski definition) is 1. The summed E-state index contributed by atoms with van der Waals surface area (Å²) < 4.78 is 10.7. The summed E-state index contributed by atoms with van der Waals surface area (Å²) in [6.07, 6.45) is 19.6. The molecule has 4 rings (SSSR count). The van der Waals surface area contributed by atoms with Crippen molar-refractivity contribution >= 4 is 5.65 Å². The Balaban J connectivity index is 0.00000129. The van der Waals surface area contributed by atoms with Crippen molar-refractivity contribution in [2.24, 2.45) is 5.92 Å². The van der Waals surface area contributed by atoms with Crippen molar-refractivity contribution in [2.45, 2.75) is 71.8 Å². The molecule has 6 heteroatoms. The van der Waals surface area contributed by atoms with Gasteiger partial charge in [0, 0.05) is 12.0 Å². The molecule has 0 amide bonds. The molecule has 0 bridgehead atoms. The van der Waals surface area contributed by atoms with E-state index in [1.807, 2.05) is 30.3 Å². The normalized spacial score (nSPS) is 12.2. The van der Waals surface area contributed by atoms with E-state index in [1.54, 1.807) is 0 Å². The average Bonchev–Trinajstić information content (AvgIpc) is 3.55. The fraction of sp³-hybridized carbons (Fsp3) is 0.448. The van der Waals surface area contributed by atoms with Crippen LogP contribution in [0.15, 0.2) is 79.2 Å². The van der Waals surface area contributed by atoms with Gasteiger partial charge in [-0.2, -0.15) is 22.6 Å². The van der Waals surface area contributed by atoms with Crippen LogP contribution in [0.25, 0.3) is 5.65 Å². The van der Waals surface area contributed by atoms with Crippen molar-refractivity contribution in [3.8, 4) is 5.75 Å². The summed E-state index contributed by atoms with van der Waals surface area (Å²) in [4.78, 5) is 0. The zero-order valence-electron chi connectivity index (χ0n) is 21.4. The van der Waals surface area contributed by atoms with Gasteiger partial charge < -0.3 is 38.7 Å². The maximum Gasteiger partial charge on any atom is 2.00 e. The van der Waals surface area contributed by atoms with E-state index in [2.05, 4.69) is 85.5 Å². The monoisotopic (exact) mass is 646 g/mol. The maximum atomic E-state index is 6.05. The number of pyridine rings is 1.